The van der Waals surface area contributed by atoms with Crippen molar-refractivity contribution in [1.82, 2.24) is 10.9 Å². The van der Waals surface area contributed by atoms with E-state index in [1.165, 1.54) is 32.1 Å². The van der Waals surface area contributed by atoms with Gasteiger partial charge in [0, 0.05) is 11.8 Å². The van der Waals surface area contributed by atoms with Crippen LogP contribution in [0, 0.1) is 46.3 Å². The first-order valence-electron chi connectivity index (χ1n) is 14.3. The number of nitrogens with one attached hydrogen (secondary N) is 2. The SMILES string of the molecule is CC[C@@H](C)[C@H]1CC[C@H]2[C@@H]3CC[C@@H]4C[C@H]5CC[C@]4(C)[C@H]3C[C@H](OC(=O)NNC(=O)OCCCO5)[C@]12C. The second kappa shape index (κ2) is 9.75. The standard InChI is InChI=1S/C28H46N2O5/c1-5-17(2)21-9-10-22-20-8-7-18-15-19-11-12-27(18,3)23(20)16-24(28(21,22)4)35-26(32)30-29-25(31)34-14-6-13-33-19/h17-24H,5-16H2,1-4H3,(H,29,31)(H,30,32)/t17-,18-,19-,20+,21-,22+,23+,24+,27+,28-/m1/s1. The van der Waals surface area contributed by atoms with E-state index in [1.54, 1.807) is 0 Å². The summed E-state index contributed by atoms with van der Waals surface area (Å²) in [5, 5.41) is 0. The molecule has 2 amide bonds. The zero-order chi connectivity index (χ0) is 24.8. The first kappa shape index (κ1) is 25.2. The molecule has 2 aliphatic heterocycles. The maximum Gasteiger partial charge on any atom is 0.426 e. The van der Waals surface area contributed by atoms with Crippen LogP contribution in [0.2, 0.25) is 0 Å². The summed E-state index contributed by atoms with van der Waals surface area (Å²) in [6.07, 6.45) is 10.1. The molecule has 7 nitrogen and oxygen atoms in total. The number of hydrazine groups is 1. The number of carbonyl (C=O) groups excluding carboxylic acids is 2. The molecule has 0 unspecified atom stereocenters. The second-order valence-corrected chi connectivity index (χ2v) is 12.7. The molecule has 0 aromatic carbocycles. The average Bonchev–Trinajstić information content (AvgIpc) is 3.20. The summed E-state index contributed by atoms with van der Waals surface area (Å²) in [7, 11) is 0. The van der Waals surface area contributed by atoms with Crippen molar-refractivity contribution in [2.45, 2.75) is 104 Å². The highest BCUT2D eigenvalue weighted by Gasteiger charge is 2.65. The fraction of sp³-hybridized carbons (Fsp3) is 0.929. The summed E-state index contributed by atoms with van der Waals surface area (Å²) in [5.74, 6) is 3.70. The van der Waals surface area contributed by atoms with Crippen molar-refractivity contribution in [1.29, 1.82) is 0 Å². The van der Waals surface area contributed by atoms with Crippen LogP contribution in [-0.4, -0.2) is 37.6 Å². The number of amides is 2. The molecule has 0 aromatic rings. The van der Waals surface area contributed by atoms with Crippen molar-refractivity contribution in [2.24, 2.45) is 46.3 Å². The Hall–Kier alpha value is -1.50. The van der Waals surface area contributed by atoms with Crippen LogP contribution < -0.4 is 10.9 Å². The van der Waals surface area contributed by atoms with E-state index in [0.717, 1.165) is 25.7 Å². The Bertz CT molecular complexity index is 806. The van der Waals surface area contributed by atoms with E-state index in [0.29, 0.717) is 54.6 Å². The van der Waals surface area contributed by atoms with Crippen LogP contribution in [-0.2, 0) is 14.2 Å². The first-order valence-corrected chi connectivity index (χ1v) is 14.3. The largest absolute Gasteiger partial charge is 0.448 e. The Morgan fingerprint density at radius 2 is 1.77 bits per heavy atom. The van der Waals surface area contributed by atoms with Gasteiger partial charge in [-0.3, -0.25) is 0 Å². The zero-order valence-electron chi connectivity index (χ0n) is 22.1. The van der Waals surface area contributed by atoms with Gasteiger partial charge >= 0.3 is 12.2 Å². The molecule has 10 atom stereocenters. The molecule has 6 rings (SSSR count). The van der Waals surface area contributed by atoms with E-state index < -0.39 is 12.2 Å². The molecule has 35 heavy (non-hydrogen) atoms. The summed E-state index contributed by atoms with van der Waals surface area (Å²) < 4.78 is 17.7. The van der Waals surface area contributed by atoms with Gasteiger partial charge in [-0.1, -0.05) is 34.1 Å². The molecule has 0 radical (unpaired) electrons. The van der Waals surface area contributed by atoms with Gasteiger partial charge in [0.25, 0.3) is 0 Å². The first-order chi connectivity index (χ1) is 16.8. The van der Waals surface area contributed by atoms with Gasteiger partial charge in [0.2, 0.25) is 0 Å². The van der Waals surface area contributed by atoms with E-state index in [4.69, 9.17) is 14.2 Å². The van der Waals surface area contributed by atoms with Gasteiger partial charge in [0.05, 0.1) is 19.3 Å². The molecule has 6 aliphatic rings. The fourth-order valence-electron chi connectivity index (χ4n) is 9.50. The predicted molar refractivity (Wildman–Crippen MR) is 132 cm³/mol. The number of rotatable bonds is 2. The van der Waals surface area contributed by atoms with E-state index in [2.05, 4.69) is 38.5 Å². The van der Waals surface area contributed by atoms with Crippen LogP contribution in [0.25, 0.3) is 0 Å². The van der Waals surface area contributed by atoms with Crippen molar-refractivity contribution in [2.75, 3.05) is 13.2 Å². The Labute approximate surface area is 210 Å². The number of fused-ring (bicyclic) bond motifs is 12. The van der Waals surface area contributed by atoms with Gasteiger partial charge in [0.1, 0.15) is 6.10 Å². The summed E-state index contributed by atoms with van der Waals surface area (Å²) >= 11 is 0. The third-order valence-electron chi connectivity index (χ3n) is 11.5. The molecule has 7 heteroatoms. The molecule has 0 aromatic heterocycles. The van der Waals surface area contributed by atoms with Crippen LogP contribution in [0.15, 0.2) is 0 Å². The van der Waals surface area contributed by atoms with E-state index in [9.17, 15) is 9.59 Å². The number of carbonyl (C=O) groups is 2. The monoisotopic (exact) mass is 490 g/mol. The Balaban J connectivity index is 1.47. The molecule has 0 spiro atoms. The topological polar surface area (TPSA) is 85.9 Å². The molecule has 4 aliphatic carbocycles. The summed E-state index contributed by atoms with van der Waals surface area (Å²) in [4.78, 5) is 25.0. The Morgan fingerprint density at radius 1 is 0.971 bits per heavy atom. The number of ether oxygens (including phenoxy) is 3. The van der Waals surface area contributed by atoms with Crippen molar-refractivity contribution >= 4 is 12.2 Å². The van der Waals surface area contributed by atoms with Crippen molar-refractivity contribution in [3.8, 4) is 0 Å². The lowest BCUT2D eigenvalue weighted by atomic mass is 9.43. The van der Waals surface area contributed by atoms with Crippen molar-refractivity contribution in [3.63, 3.8) is 0 Å². The highest BCUT2D eigenvalue weighted by molar-refractivity contribution is 5.73. The second-order valence-electron chi connectivity index (χ2n) is 12.7. The molecule has 2 N–H and O–H groups in total. The molecular formula is C28H46N2O5. The maximum atomic E-state index is 12.9. The molecule has 2 heterocycles. The van der Waals surface area contributed by atoms with Gasteiger partial charge in [-0.25, -0.2) is 20.4 Å². The average molecular weight is 491 g/mol. The third-order valence-corrected chi connectivity index (χ3v) is 11.5. The summed E-state index contributed by atoms with van der Waals surface area (Å²) in [6.45, 7) is 10.5. The zero-order valence-corrected chi connectivity index (χ0v) is 22.1. The molecule has 198 valence electrons. The molecule has 2 saturated heterocycles. The molecule has 4 saturated carbocycles. The van der Waals surface area contributed by atoms with Crippen LogP contribution in [0.3, 0.4) is 0 Å². The highest BCUT2D eigenvalue weighted by Crippen LogP contribution is 2.69. The van der Waals surface area contributed by atoms with Crippen molar-refractivity contribution in [3.05, 3.63) is 0 Å². The fourth-order valence-corrected chi connectivity index (χ4v) is 9.50. The van der Waals surface area contributed by atoms with Gasteiger partial charge in [-0.05, 0) is 92.3 Å². The maximum absolute atomic E-state index is 12.9. The Kier molecular flexibility index (Phi) is 7.01. The minimum atomic E-state index is -0.665. The van der Waals surface area contributed by atoms with Crippen LogP contribution in [0.1, 0.15) is 91.9 Å². The van der Waals surface area contributed by atoms with Crippen LogP contribution in [0.4, 0.5) is 9.59 Å². The van der Waals surface area contributed by atoms with E-state index in [1.807, 2.05) is 0 Å². The smallest absolute Gasteiger partial charge is 0.426 e. The molecular weight excluding hydrogens is 444 g/mol. The predicted octanol–water partition coefficient (Wildman–Crippen LogP) is 5.83. The van der Waals surface area contributed by atoms with Gasteiger partial charge in [-0.15, -0.1) is 0 Å². The van der Waals surface area contributed by atoms with E-state index in [-0.39, 0.29) is 23.5 Å². The molecule has 5 bridgehead atoms. The summed E-state index contributed by atoms with van der Waals surface area (Å²) in [6, 6.07) is 0. The lowest BCUT2D eigenvalue weighted by Gasteiger charge is -2.62. The highest BCUT2D eigenvalue weighted by atomic mass is 16.6. The third kappa shape index (κ3) is 4.34. The van der Waals surface area contributed by atoms with E-state index >= 15 is 0 Å². The van der Waals surface area contributed by atoms with Crippen LogP contribution >= 0.6 is 0 Å². The number of hydrogen-bond donors (Lipinski definition) is 2. The van der Waals surface area contributed by atoms with Crippen molar-refractivity contribution < 1.29 is 23.8 Å². The number of hydrogen-bond acceptors (Lipinski definition) is 5. The lowest BCUT2D eigenvalue weighted by molar-refractivity contribution is -0.178. The van der Waals surface area contributed by atoms with Gasteiger partial charge in [-0.2, -0.15) is 0 Å². The minimum Gasteiger partial charge on any atom is -0.448 e. The quantitative estimate of drug-likeness (QED) is 0.509. The van der Waals surface area contributed by atoms with Gasteiger partial charge < -0.3 is 14.2 Å². The van der Waals surface area contributed by atoms with Gasteiger partial charge in [0.15, 0.2) is 0 Å². The lowest BCUT2D eigenvalue weighted by Crippen LogP contribution is -2.60. The summed E-state index contributed by atoms with van der Waals surface area (Å²) in [5.41, 5.74) is 5.05. The minimum absolute atomic E-state index is 0.0269. The van der Waals surface area contributed by atoms with Crippen LogP contribution in [0.5, 0.6) is 0 Å². The Morgan fingerprint density at radius 3 is 2.57 bits per heavy atom. The molecule has 6 fully saturated rings. The normalized spacial score (nSPS) is 47.0.